The molecule has 1 N–H and O–H groups in total. The van der Waals surface area contributed by atoms with E-state index in [9.17, 15) is 13.2 Å². The highest BCUT2D eigenvalue weighted by atomic mass is 32.2. The maximum absolute atomic E-state index is 13.2. The summed E-state index contributed by atoms with van der Waals surface area (Å²) in [6, 6.07) is 11.8. The molecular weight excluding hydrogens is 370 g/mol. The Balaban J connectivity index is 1.90. The molecule has 0 spiro atoms. The fraction of sp³-hybridized carbons (Fsp3) is 0.211. The third kappa shape index (κ3) is 3.73. The number of amides is 1. The van der Waals surface area contributed by atoms with Gasteiger partial charge in [-0.3, -0.25) is 4.79 Å². The number of carbonyl (C=O) groups excluding carboxylic acids is 1. The summed E-state index contributed by atoms with van der Waals surface area (Å²) in [6.45, 7) is 3.79. The molecule has 2 aromatic heterocycles. The van der Waals surface area contributed by atoms with Gasteiger partial charge in [-0.05, 0) is 60.7 Å². The van der Waals surface area contributed by atoms with Crippen molar-refractivity contribution in [2.24, 2.45) is 0 Å². The van der Waals surface area contributed by atoms with Crippen LogP contribution in [0.1, 0.15) is 31.8 Å². The van der Waals surface area contributed by atoms with Crippen molar-refractivity contribution in [1.29, 1.82) is 0 Å². The second-order valence-corrected chi connectivity index (χ2v) is 9.09. The van der Waals surface area contributed by atoms with Gasteiger partial charge in [-0.25, -0.2) is 8.42 Å². The number of furan rings is 1. The number of hydrogen-bond acceptors (Lipinski definition) is 5. The standard InChI is InChI=1S/C19H19NO4S2/c1-13-7-8-15(11-14(13)2)26(22,23)18(17-6-4-10-25-17)12-20-19(21)16-5-3-9-24-16/h3-11,18H,12H2,1-2H3,(H,20,21)/t18-/m0/s1. The summed E-state index contributed by atoms with van der Waals surface area (Å²) in [5, 5.41) is 3.64. The van der Waals surface area contributed by atoms with Gasteiger partial charge in [0.1, 0.15) is 5.25 Å². The van der Waals surface area contributed by atoms with Crippen molar-refractivity contribution in [2.75, 3.05) is 6.54 Å². The zero-order valence-corrected chi connectivity index (χ0v) is 16.1. The topological polar surface area (TPSA) is 76.4 Å². The molecule has 2 heterocycles. The van der Waals surface area contributed by atoms with Crippen LogP contribution in [0.5, 0.6) is 0 Å². The molecule has 0 saturated carbocycles. The maximum atomic E-state index is 13.2. The molecule has 0 bridgehead atoms. The molecule has 0 radical (unpaired) electrons. The molecule has 1 aromatic carbocycles. The Morgan fingerprint density at radius 2 is 1.96 bits per heavy atom. The molecule has 3 aromatic rings. The third-order valence-electron chi connectivity index (χ3n) is 4.23. The highest BCUT2D eigenvalue weighted by molar-refractivity contribution is 7.91. The number of benzene rings is 1. The number of hydrogen-bond donors (Lipinski definition) is 1. The van der Waals surface area contributed by atoms with Gasteiger partial charge in [-0.2, -0.15) is 0 Å². The van der Waals surface area contributed by atoms with Crippen LogP contribution in [0.4, 0.5) is 0 Å². The van der Waals surface area contributed by atoms with Crippen molar-refractivity contribution >= 4 is 27.1 Å². The van der Waals surface area contributed by atoms with Crippen LogP contribution < -0.4 is 5.32 Å². The molecule has 0 unspecified atom stereocenters. The van der Waals surface area contributed by atoms with Crippen LogP contribution in [-0.2, 0) is 9.84 Å². The Morgan fingerprint density at radius 1 is 1.15 bits per heavy atom. The molecule has 26 heavy (non-hydrogen) atoms. The molecule has 0 aliphatic heterocycles. The molecular formula is C19H19NO4S2. The molecule has 3 rings (SSSR count). The van der Waals surface area contributed by atoms with Crippen LogP contribution in [-0.4, -0.2) is 20.9 Å². The number of sulfone groups is 1. The Bertz CT molecular complexity index is 990. The van der Waals surface area contributed by atoms with E-state index in [2.05, 4.69) is 5.32 Å². The predicted molar refractivity (Wildman–Crippen MR) is 101 cm³/mol. The number of rotatable bonds is 6. The maximum Gasteiger partial charge on any atom is 0.287 e. The minimum absolute atomic E-state index is 0.0324. The second-order valence-electron chi connectivity index (χ2n) is 5.98. The lowest BCUT2D eigenvalue weighted by molar-refractivity contribution is 0.0926. The smallest absolute Gasteiger partial charge is 0.287 e. The summed E-state index contributed by atoms with van der Waals surface area (Å²) in [5.74, 6) is -0.287. The van der Waals surface area contributed by atoms with Crippen LogP contribution in [0.3, 0.4) is 0 Å². The summed E-state index contributed by atoms with van der Waals surface area (Å²) >= 11 is 1.36. The molecule has 0 fully saturated rings. The Labute approximate surface area is 156 Å². The predicted octanol–water partition coefficient (Wildman–Crippen LogP) is 3.90. The van der Waals surface area contributed by atoms with E-state index < -0.39 is 21.0 Å². The highest BCUT2D eigenvalue weighted by Crippen LogP contribution is 2.32. The van der Waals surface area contributed by atoms with Crippen LogP contribution in [0.15, 0.2) is 63.4 Å². The first-order valence-corrected chi connectivity index (χ1v) is 10.5. The highest BCUT2D eigenvalue weighted by Gasteiger charge is 2.31. The Hall–Kier alpha value is -2.38. The van der Waals surface area contributed by atoms with E-state index in [0.29, 0.717) is 4.88 Å². The molecule has 0 aliphatic rings. The number of nitrogens with one attached hydrogen (secondary N) is 1. The van der Waals surface area contributed by atoms with Crippen LogP contribution in [0, 0.1) is 13.8 Å². The summed E-state index contributed by atoms with van der Waals surface area (Å²) in [4.78, 5) is 13.1. The average molecular weight is 389 g/mol. The van der Waals surface area contributed by atoms with E-state index in [4.69, 9.17) is 4.42 Å². The first-order valence-electron chi connectivity index (χ1n) is 8.06. The number of thiophene rings is 1. The molecule has 0 aliphatic carbocycles. The van der Waals surface area contributed by atoms with Gasteiger partial charge < -0.3 is 9.73 Å². The van der Waals surface area contributed by atoms with Crippen molar-refractivity contribution in [1.82, 2.24) is 5.32 Å². The quantitative estimate of drug-likeness (QED) is 0.694. The largest absolute Gasteiger partial charge is 0.459 e. The van der Waals surface area contributed by atoms with E-state index in [0.717, 1.165) is 11.1 Å². The molecule has 1 atom stereocenters. The molecule has 5 nitrogen and oxygen atoms in total. The minimum atomic E-state index is -3.66. The zero-order valence-electron chi connectivity index (χ0n) is 14.4. The summed E-state index contributed by atoms with van der Waals surface area (Å²) in [5.41, 5.74) is 1.94. The van der Waals surface area contributed by atoms with Crippen molar-refractivity contribution in [3.63, 3.8) is 0 Å². The Morgan fingerprint density at radius 3 is 2.58 bits per heavy atom. The van der Waals surface area contributed by atoms with Crippen molar-refractivity contribution in [3.8, 4) is 0 Å². The van der Waals surface area contributed by atoms with Crippen LogP contribution in [0.2, 0.25) is 0 Å². The van der Waals surface area contributed by atoms with Gasteiger partial charge in [0, 0.05) is 11.4 Å². The zero-order chi connectivity index (χ0) is 18.7. The van der Waals surface area contributed by atoms with Gasteiger partial charge in [0.05, 0.1) is 11.2 Å². The van der Waals surface area contributed by atoms with Gasteiger partial charge in [0.2, 0.25) is 0 Å². The molecule has 1 amide bonds. The van der Waals surface area contributed by atoms with Crippen LogP contribution in [0.25, 0.3) is 0 Å². The van der Waals surface area contributed by atoms with Crippen LogP contribution >= 0.6 is 11.3 Å². The second kappa shape index (κ2) is 7.47. The third-order valence-corrected chi connectivity index (χ3v) is 7.45. The molecule has 7 heteroatoms. The number of aryl methyl sites for hydroxylation is 2. The van der Waals surface area contributed by atoms with E-state index in [-0.39, 0.29) is 17.2 Å². The monoisotopic (exact) mass is 389 g/mol. The summed E-state index contributed by atoms with van der Waals surface area (Å²) < 4.78 is 31.5. The summed E-state index contributed by atoms with van der Waals surface area (Å²) in [7, 11) is -3.66. The van der Waals surface area contributed by atoms with Crippen molar-refractivity contribution in [2.45, 2.75) is 24.0 Å². The first-order chi connectivity index (χ1) is 12.4. The Kier molecular flexibility index (Phi) is 5.29. The van der Waals surface area contributed by atoms with Crippen molar-refractivity contribution in [3.05, 3.63) is 75.9 Å². The lowest BCUT2D eigenvalue weighted by Crippen LogP contribution is -2.31. The lowest BCUT2D eigenvalue weighted by atomic mass is 10.1. The number of carbonyl (C=O) groups is 1. The van der Waals surface area contributed by atoms with E-state index in [1.165, 1.54) is 23.7 Å². The normalized spacial score (nSPS) is 12.7. The van der Waals surface area contributed by atoms with Gasteiger partial charge in [-0.1, -0.05) is 12.1 Å². The SMILES string of the molecule is Cc1ccc(S(=O)(=O)[C@@H](CNC(=O)c2ccco2)c2cccs2)cc1C. The first kappa shape index (κ1) is 18.4. The molecule has 136 valence electrons. The average Bonchev–Trinajstić information content (AvgIpc) is 3.30. The van der Waals surface area contributed by atoms with Gasteiger partial charge in [-0.15, -0.1) is 11.3 Å². The van der Waals surface area contributed by atoms with E-state index in [1.54, 1.807) is 36.4 Å². The fourth-order valence-electron chi connectivity index (χ4n) is 2.57. The fourth-order valence-corrected chi connectivity index (χ4v) is 5.44. The molecule has 0 saturated heterocycles. The van der Waals surface area contributed by atoms with Gasteiger partial charge in [0.15, 0.2) is 15.6 Å². The summed E-state index contributed by atoms with van der Waals surface area (Å²) in [6.07, 6.45) is 1.40. The van der Waals surface area contributed by atoms with E-state index in [1.807, 2.05) is 19.2 Å². The van der Waals surface area contributed by atoms with E-state index >= 15 is 0 Å². The van der Waals surface area contributed by atoms with Gasteiger partial charge in [0.25, 0.3) is 5.91 Å². The van der Waals surface area contributed by atoms with Gasteiger partial charge >= 0.3 is 0 Å². The van der Waals surface area contributed by atoms with Crippen molar-refractivity contribution < 1.29 is 17.6 Å². The lowest BCUT2D eigenvalue weighted by Gasteiger charge is -2.18. The minimum Gasteiger partial charge on any atom is -0.459 e.